The third-order valence-corrected chi connectivity index (χ3v) is 7.11. The highest BCUT2D eigenvalue weighted by atomic mass is 32.2. The fourth-order valence-electron chi connectivity index (χ4n) is 4.03. The summed E-state index contributed by atoms with van der Waals surface area (Å²) < 4.78 is 12.9. The number of benzene rings is 1. The van der Waals surface area contributed by atoms with Gasteiger partial charge in [-0.3, -0.25) is 9.36 Å². The molecule has 1 aromatic carbocycles. The molecule has 3 aromatic rings. The normalized spacial score (nSPS) is 22.2. The van der Waals surface area contributed by atoms with Gasteiger partial charge in [-0.2, -0.15) is 4.91 Å². The van der Waals surface area contributed by atoms with Gasteiger partial charge in [0.05, 0.1) is 6.61 Å². The van der Waals surface area contributed by atoms with Gasteiger partial charge in [0, 0.05) is 17.7 Å². The van der Waals surface area contributed by atoms with Gasteiger partial charge in [-0.25, -0.2) is 15.0 Å². The lowest BCUT2D eigenvalue weighted by atomic mass is 10.0. The van der Waals surface area contributed by atoms with Crippen LogP contribution in [0.1, 0.15) is 36.9 Å². The lowest BCUT2D eigenvalue weighted by Gasteiger charge is -2.19. The van der Waals surface area contributed by atoms with Crippen molar-refractivity contribution in [3.05, 3.63) is 41.1 Å². The SMILES string of the molecule is CC(C)CC(=O)c1ccc(OCC(CSc2nc3c(N)ncnc3n2[C@@H]2O[C@H](CO)[C@@H](O)[C@H]2O)N=O)cc1. The Hall–Kier alpha value is -3.17. The number of thioether (sulfide) groups is 1. The van der Waals surface area contributed by atoms with Crippen molar-refractivity contribution in [1.82, 2.24) is 19.5 Å². The number of Topliss-reactive ketones (excluding diaryl/α,β-unsaturated/α-hetero) is 1. The van der Waals surface area contributed by atoms with Gasteiger partial charge in [0.1, 0.15) is 43.0 Å². The van der Waals surface area contributed by atoms with Crippen LogP contribution in [0.15, 0.2) is 40.9 Å². The number of nitrogen functional groups attached to an aromatic ring is 1. The second-order valence-electron chi connectivity index (χ2n) is 9.35. The second-order valence-corrected chi connectivity index (χ2v) is 10.3. The van der Waals surface area contributed by atoms with Gasteiger partial charge in [0.15, 0.2) is 34.1 Å². The number of hydrogen-bond acceptors (Lipinski definition) is 13. The maximum atomic E-state index is 12.2. The molecule has 1 aliphatic heterocycles. The predicted octanol–water partition coefficient (Wildman–Crippen LogP) is 1.55. The number of nitrogens with zero attached hydrogens (tertiary/aromatic N) is 5. The standard InChI is InChI=1S/C24H30N6O7S/c1-12(2)7-16(32)13-3-5-15(6-4-13)36-9-14(29-35)10-38-24-28-18-21(25)26-11-27-22(18)30(24)23-20(34)19(33)17(8-31)37-23/h3-6,11-12,14,17,19-20,23,31,33-34H,7-10H2,1-2H3,(H2,25,26,27)/t14?,17-,19-,20-,23-/m1/s1. The molecule has 2 aromatic heterocycles. The molecule has 1 unspecified atom stereocenters. The number of aliphatic hydroxyl groups excluding tert-OH is 3. The maximum Gasteiger partial charge on any atom is 0.172 e. The molecule has 0 spiro atoms. The molecule has 0 radical (unpaired) electrons. The van der Waals surface area contributed by atoms with Gasteiger partial charge in [0.25, 0.3) is 0 Å². The van der Waals surface area contributed by atoms with Crippen molar-refractivity contribution in [2.24, 2.45) is 11.1 Å². The van der Waals surface area contributed by atoms with Gasteiger partial charge in [-0.1, -0.05) is 30.8 Å². The Labute approximate surface area is 222 Å². The number of aromatic nitrogens is 4. The van der Waals surface area contributed by atoms with Crippen LogP contribution < -0.4 is 10.5 Å². The molecule has 0 aliphatic carbocycles. The maximum absolute atomic E-state index is 12.2. The smallest absolute Gasteiger partial charge is 0.172 e. The minimum atomic E-state index is -1.38. The first-order chi connectivity index (χ1) is 18.2. The van der Waals surface area contributed by atoms with E-state index < -0.39 is 37.2 Å². The fraction of sp³-hybridized carbons (Fsp3) is 0.500. The summed E-state index contributed by atoms with van der Waals surface area (Å²) in [6, 6.07) is 5.94. The van der Waals surface area contributed by atoms with E-state index in [0.29, 0.717) is 22.9 Å². The van der Waals surface area contributed by atoms with Crippen molar-refractivity contribution in [1.29, 1.82) is 0 Å². The van der Waals surface area contributed by atoms with Crippen molar-refractivity contribution in [2.45, 2.75) is 56.0 Å². The van der Waals surface area contributed by atoms with Gasteiger partial charge >= 0.3 is 0 Å². The molecule has 204 valence electrons. The van der Waals surface area contributed by atoms with E-state index >= 15 is 0 Å². The average molecular weight is 547 g/mol. The Kier molecular flexibility index (Phi) is 8.89. The molecule has 1 aliphatic rings. The molecule has 0 bridgehead atoms. The fourth-order valence-corrected chi connectivity index (χ4v) is 5.01. The number of carbonyl (C=O) groups is 1. The van der Waals surface area contributed by atoms with E-state index in [0.717, 1.165) is 11.8 Å². The Morgan fingerprint density at radius 3 is 2.61 bits per heavy atom. The first-order valence-corrected chi connectivity index (χ1v) is 13.0. The van der Waals surface area contributed by atoms with E-state index in [1.807, 2.05) is 13.8 Å². The molecule has 1 fully saturated rings. The number of ketones is 1. The number of carbonyl (C=O) groups excluding carboxylic acids is 1. The molecule has 14 heteroatoms. The lowest BCUT2D eigenvalue weighted by molar-refractivity contribution is -0.0548. The van der Waals surface area contributed by atoms with Crippen LogP contribution in [0.2, 0.25) is 0 Å². The zero-order valence-electron chi connectivity index (χ0n) is 20.9. The minimum absolute atomic E-state index is 0.0220. The van der Waals surface area contributed by atoms with Crippen molar-refractivity contribution in [3.63, 3.8) is 0 Å². The minimum Gasteiger partial charge on any atom is -0.491 e. The molecule has 4 rings (SSSR count). The number of rotatable bonds is 12. The van der Waals surface area contributed by atoms with Crippen LogP contribution in [0.25, 0.3) is 11.2 Å². The number of aliphatic hydroxyl groups is 3. The summed E-state index contributed by atoms with van der Waals surface area (Å²) in [7, 11) is 0. The summed E-state index contributed by atoms with van der Waals surface area (Å²) in [4.78, 5) is 36.4. The highest BCUT2D eigenvalue weighted by Gasteiger charge is 2.45. The number of nitrogens with two attached hydrogens (primary N) is 1. The highest BCUT2D eigenvalue weighted by molar-refractivity contribution is 7.99. The molecule has 1 saturated heterocycles. The molecule has 3 heterocycles. The first-order valence-electron chi connectivity index (χ1n) is 12.1. The summed E-state index contributed by atoms with van der Waals surface area (Å²) in [5.74, 6) is 1.06. The zero-order chi connectivity index (χ0) is 27.4. The van der Waals surface area contributed by atoms with Crippen LogP contribution in [-0.4, -0.2) is 83.9 Å². The highest BCUT2D eigenvalue weighted by Crippen LogP contribution is 2.36. The van der Waals surface area contributed by atoms with E-state index in [-0.39, 0.29) is 41.0 Å². The number of imidazole rings is 1. The number of hydrogen-bond donors (Lipinski definition) is 4. The lowest BCUT2D eigenvalue weighted by Crippen LogP contribution is -2.33. The summed E-state index contributed by atoms with van der Waals surface area (Å²) >= 11 is 1.14. The Bertz CT molecular complexity index is 1270. The van der Waals surface area contributed by atoms with Gasteiger partial charge < -0.3 is 30.5 Å². The number of ether oxygens (including phenoxy) is 2. The summed E-state index contributed by atoms with van der Waals surface area (Å²) in [5, 5.41) is 33.8. The molecule has 5 N–H and O–H groups in total. The number of fused-ring (bicyclic) bond motifs is 1. The van der Waals surface area contributed by atoms with E-state index in [1.54, 1.807) is 24.3 Å². The zero-order valence-corrected chi connectivity index (χ0v) is 21.7. The molecule has 38 heavy (non-hydrogen) atoms. The van der Waals surface area contributed by atoms with Crippen molar-refractivity contribution < 1.29 is 29.6 Å². The van der Waals surface area contributed by atoms with Crippen LogP contribution in [0.4, 0.5) is 5.82 Å². The van der Waals surface area contributed by atoms with Crippen LogP contribution >= 0.6 is 11.8 Å². The van der Waals surface area contributed by atoms with Crippen LogP contribution in [0, 0.1) is 10.8 Å². The second kappa shape index (κ2) is 12.1. The first kappa shape index (κ1) is 27.9. The Morgan fingerprint density at radius 1 is 1.24 bits per heavy atom. The summed E-state index contributed by atoms with van der Waals surface area (Å²) in [5.41, 5.74) is 7.07. The molecule has 13 nitrogen and oxygen atoms in total. The van der Waals surface area contributed by atoms with E-state index in [4.69, 9.17) is 15.2 Å². The third-order valence-electron chi connectivity index (χ3n) is 6.01. The topological polar surface area (TPSA) is 195 Å². The molecular formula is C24H30N6O7S. The monoisotopic (exact) mass is 546 g/mol. The van der Waals surface area contributed by atoms with Gasteiger partial charge in [-0.05, 0) is 30.2 Å². The Balaban J connectivity index is 1.46. The van der Waals surface area contributed by atoms with E-state index in [1.165, 1.54) is 10.9 Å². The summed E-state index contributed by atoms with van der Waals surface area (Å²) in [6.45, 7) is 3.44. The largest absolute Gasteiger partial charge is 0.491 e. The van der Waals surface area contributed by atoms with Gasteiger partial charge in [0.2, 0.25) is 0 Å². The molecular weight excluding hydrogens is 516 g/mol. The number of nitroso groups, excluding NO2 is 1. The van der Waals surface area contributed by atoms with E-state index in [2.05, 4.69) is 20.1 Å². The number of anilines is 1. The van der Waals surface area contributed by atoms with Crippen LogP contribution in [-0.2, 0) is 4.74 Å². The molecule has 0 saturated carbocycles. The summed E-state index contributed by atoms with van der Waals surface area (Å²) in [6.07, 6.45) is -3.13. The predicted molar refractivity (Wildman–Crippen MR) is 139 cm³/mol. The van der Waals surface area contributed by atoms with Crippen LogP contribution in [0.5, 0.6) is 5.75 Å². The molecule has 5 atom stereocenters. The Morgan fingerprint density at radius 2 is 1.97 bits per heavy atom. The quantitative estimate of drug-likeness (QED) is 0.146. The van der Waals surface area contributed by atoms with E-state index in [9.17, 15) is 25.0 Å². The van der Waals surface area contributed by atoms with Crippen molar-refractivity contribution in [3.8, 4) is 5.75 Å². The average Bonchev–Trinajstić information content (AvgIpc) is 3.41. The van der Waals surface area contributed by atoms with Crippen LogP contribution in [0.3, 0.4) is 0 Å². The molecule has 0 amide bonds. The van der Waals surface area contributed by atoms with Gasteiger partial charge in [-0.15, -0.1) is 0 Å². The van der Waals surface area contributed by atoms with Crippen molar-refractivity contribution >= 4 is 34.5 Å². The van der Waals surface area contributed by atoms with Crippen molar-refractivity contribution in [2.75, 3.05) is 24.7 Å². The third kappa shape index (κ3) is 5.94.